The first kappa shape index (κ1) is 16.0. The van der Waals surface area contributed by atoms with E-state index < -0.39 is 0 Å². The van der Waals surface area contributed by atoms with Crippen molar-refractivity contribution in [1.29, 1.82) is 0 Å². The molecule has 1 rings (SSSR count). The summed E-state index contributed by atoms with van der Waals surface area (Å²) in [6.45, 7) is 5.83. The fourth-order valence-corrected chi connectivity index (χ4v) is 2.55. The largest absolute Gasteiger partial charge is 0.353 e. The van der Waals surface area contributed by atoms with Crippen LogP contribution in [0.4, 0.5) is 0 Å². The van der Waals surface area contributed by atoms with Crippen LogP contribution in [0.15, 0.2) is 0 Å². The van der Waals surface area contributed by atoms with E-state index in [0.717, 1.165) is 32.2 Å². The number of likely N-dealkylation sites (N-methyl/N-ethyl adjacent to an activating group) is 1. The predicted molar refractivity (Wildman–Crippen MR) is 75.7 cm³/mol. The minimum absolute atomic E-state index is 0.0473. The molecule has 2 N–H and O–H groups in total. The monoisotopic (exact) mass is 269 g/mol. The second-order valence-electron chi connectivity index (χ2n) is 5.41. The first-order valence-electron chi connectivity index (χ1n) is 7.31. The van der Waals surface area contributed by atoms with E-state index in [9.17, 15) is 9.59 Å². The number of carbonyl (C=O) groups is 2. The van der Waals surface area contributed by atoms with Gasteiger partial charge in [-0.1, -0.05) is 13.3 Å². The smallest absolute Gasteiger partial charge is 0.236 e. The Morgan fingerprint density at radius 1 is 1.42 bits per heavy atom. The molecule has 1 aliphatic rings. The highest BCUT2D eigenvalue weighted by Crippen LogP contribution is 2.17. The van der Waals surface area contributed by atoms with Crippen LogP contribution in [-0.2, 0) is 9.59 Å². The van der Waals surface area contributed by atoms with Gasteiger partial charge in [-0.25, -0.2) is 0 Å². The Morgan fingerprint density at radius 3 is 2.79 bits per heavy atom. The first-order valence-corrected chi connectivity index (χ1v) is 7.31. The maximum Gasteiger partial charge on any atom is 0.236 e. The van der Waals surface area contributed by atoms with Crippen LogP contribution >= 0.6 is 0 Å². The standard InChI is InChI=1S/C14H27N3O2/c1-4-6-11(2)16-14(19)12-7-5-8-17(10-12)13(18)9-15-3/h11-12,15H,4-10H2,1-3H3,(H,16,19). The van der Waals surface area contributed by atoms with Gasteiger partial charge in [-0.3, -0.25) is 9.59 Å². The van der Waals surface area contributed by atoms with Crippen LogP contribution in [0.25, 0.3) is 0 Å². The van der Waals surface area contributed by atoms with Crippen molar-refractivity contribution in [2.75, 3.05) is 26.7 Å². The van der Waals surface area contributed by atoms with Gasteiger partial charge in [-0.2, -0.15) is 0 Å². The maximum absolute atomic E-state index is 12.1. The highest BCUT2D eigenvalue weighted by atomic mass is 16.2. The molecule has 0 radical (unpaired) electrons. The summed E-state index contributed by atoms with van der Waals surface area (Å²) in [5, 5.41) is 5.92. The molecule has 1 saturated heterocycles. The third kappa shape index (κ3) is 5.19. The SMILES string of the molecule is CCCC(C)NC(=O)C1CCCN(C(=O)CNC)C1. The molecule has 2 unspecified atom stereocenters. The molecule has 0 spiro atoms. The van der Waals surface area contributed by atoms with Crippen LogP contribution in [0.1, 0.15) is 39.5 Å². The number of piperidine rings is 1. The van der Waals surface area contributed by atoms with Crippen LogP contribution in [0.5, 0.6) is 0 Å². The highest BCUT2D eigenvalue weighted by molar-refractivity contribution is 5.82. The molecule has 0 aromatic rings. The van der Waals surface area contributed by atoms with Crippen molar-refractivity contribution >= 4 is 11.8 Å². The summed E-state index contributed by atoms with van der Waals surface area (Å²) >= 11 is 0. The van der Waals surface area contributed by atoms with Crippen molar-refractivity contribution in [2.24, 2.45) is 5.92 Å². The summed E-state index contributed by atoms with van der Waals surface area (Å²) < 4.78 is 0. The lowest BCUT2D eigenvalue weighted by molar-refractivity contribution is -0.135. The molecule has 2 amide bonds. The van der Waals surface area contributed by atoms with Gasteiger partial charge < -0.3 is 15.5 Å². The molecule has 5 nitrogen and oxygen atoms in total. The molecular weight excluding hydrogens is 242 g/mol. The van der Waals surface area contributed by atoms with E-state index in [1.807, 2.05) is 6.92 Å². The summed E-state index contributed by atoms with van der Waals surface area (Å²) in [5.74, 6) is 0.137. The fraction of sp³-hybridized carbons (Fsp3) is 0.857. The summed E-state index contributed by atoms with van der Waals surface area (Å²) in [7, 11) is 1.76. The summed E-state index contributed by atoms with van der Waals surface area (Å²) in [6.07, 6.45) is 3.86. The van der Waals surface area contributed by atoms with Crippen LogP contribution in [0.3, 0.4) is 0 Å². The van der Waals surface area contributed by atoms with Crippen molar-refractivity contribution in [3.05, 3.63) is 0 Å². The van der Waals surface area contributed by atoms with Gasteiger partial charge in [0.1, 0.15) is 0 Å². The van der Waals surface area contributed by atoms with Gasteiger partial charge in [0.15, 0.2) is 0 Å². The molecule has 1 heterocycles. The number of hydrogen-bond acceptors (Lipinski definition) is 3. The van der Waals surface area contributed by atoms with Crippen LogP contribution < -0.4 is 10.6 Å². The lowest BCUT2D eigenvalue weighted by Crippen LogP contribution is -2.48. The van der Waals surface area contributed by atoms with Gasteiger partial charge >= 0.3 is 0 Å². The Morgan fingerprint density at radius 2 is 2.16 bits per heavy atom. The number of likely N-dealkylation sites (tertiary alicyclic amines) is 1. The molecule has 0 aromatic carbocycles. The average Bonchev–Trinajstić information content (AvgIpc) is 2.39. The van der Waals surface area contributed by atoms with E-state index in [0.29, 0.717) is 13.1 Å². The molecule has 1 aliphatic heterocycles. The van der Waals surface area contributed by atoms with E-state index in [1.165, 1.54) is 0 Å². The van der Waals surface area contributed by atoms with Crippen molar-refractivity contribution in [1.82, 2.24) is 15.5 Å². The third-order valence-electron chi connectivity index (χ3n) is 3.58. The zero-order valence-corrected chi connectivity index (χ0v) is 12.4. The second kappa shape index (κ2) is 8.15. The van der Waals surface area contributed by atoms with Gasteiger partial charge in [-0.15, -0.1) is 0 Å². The van der Waals surface area contributed by atoms with Gasteiger partial charge in [-0.05, 0) is 33.2 Å². The molecular formula is C14H27N3O2. The minimum atomic E-state index is -0.0473. The zero-order valence-electron chi connectivity index (χ0n) is 12.4. The van der Waals surface area contributed by atoms with Gasteiger partial charge in [0, 0.05) is 19.1 Å². The van der Waals surface area contributed by atoms with E-state index in [1.54, 1.807) is 11.9 Å². The number of nitrogens with one attached hydrogen (secondary N) is 2. The first-order chi connectivity index (χ1) is 9.08. The Labute approximate surface area is 116 Å². The van der Waals surface area contributed by atoms with Gasteiger partial charge in [0.2, 0.25) is 11.8 Å². The fourth-order valence-electron chi connectivity index (χ4n) is 2.55. The van der Waals surface area contributed by atoms with Crippen molar-refractivity contribution in [3.8, 4) is 0 Å². The number of carbonyl (C=O) groups excluding carboxylic acids is 2. The predicted octanol–water partition coefficient (Wildman–Crippen LogP) is 0.749. The molecule has 0 aromatic heterocycles. The normalized spacial score (nSPS) is 21.0. The van der Waals surface area contributed by atoms with E-state index in [-0.39, 0.29) is 23.8 Å². The van der Waals surface area contributed by atoms with E-state index >= 15 is 0 Å². The Balaban J connectivity index is 2.45. The summed E-state index contributed by atoms with van der Waals surface area (Å²) in [4.78, 5) is 25.8. The molecule has 1 fully saturated rings. The highest BCUT2D eigenvalue weighted by Gasteiger charge is 2.28. The minimum Gasteiger partial charge on any atom is -0.353 e. The maximum atomic E-state index is 12.1. The number of amides is 2. The molecule has 0 aliphatic carbocycles. The van der Waals surface area contributed by atoms with Crippen molar-refractivity contribution in [2.45, 2.75) is 45.6 Å². The van der Waals surface area contributed by atoms with Crippen LogP contribution in [0, 0.1) is 5.92 Å². The van der Waals surface area contributed by atoms with Gasteiger partial charge in [0.05, 0.1) is 12.5 Å². The number of nitrogens with zero attached hydrogens (tertiary/aromatic N) is 1. The molecule has 2 atom stereocenters. The van der Waals surface area contributed by atoms with Crippen molar-refractivity contribution < 1.29 is 9.59 Å². The summed E-state index contributed by atoms with van der Waals surface area (Å²) in [5.41, 5.74) is 0. The Kier molecular flexibility index (Phi) is 6.84. The number of hydrogen-bond donors (Lipinski definition) is 2. The second-order valence-corrected chi connectivity index (χ2v) is 5.41. The third-order valence-corrected chi connectivity index (χ3v) is 3.58. The van der Waals surface area contributed by atoms with Gasteiger partial charge in [0.25, 0.3) is 0 Å². The van der Waals surface area contributed by atoms with Crippen LogP contribution in [-0.4, -0.2) is 49.4 Å². The molecule has 19 heavy (non-hydrogen) atoms. The molecule has 110 valence electrons. The Bertz CT molecular complexity index is 307. The number of rotatable bonds is 6. The topological polar surface area (TPSA) is 61.4 Å². The molecule has 5 heteroatoms. The molecule has 0 saturated carbocycles. The zero-order chi connectivity index (χ0) is 14.3. The van der Waals surface area contributed by atoms with E-state index in [2.05, 4.69) is 17.6 Å². The quantitative estimate of drug-likeness (QED) is 0.748. The van der Waals surface area contributed by atoms with Crippen LogP contribution in [0.2, 0.25) is 0 Å². The van der Waals surface area contributed by atoms with Crippen molar-refractivity contribution in [3.63, 3.8) is 0 Å². The molecule has 0 bridgehead atoms. The lowest BCUT2D eigenvalue weighted by Gasteiger charge is -2.32. The van der Waals surface area contributed by atoms with E-state index in [4.69, 9.17) is 0 Å². The average molecular weight is 269 g/mol. The lowest BCUT2D eigenvalue weighted by atomic mass is 9.96. The summed E-state index contributed by atoms with van der Waals surface area (Å²) in [6, 6.07) is 0.223. The Hall–Kier alpha value is -1.10.